The molecular formula is C65H106N20O12. The summed E-state index contributed by atoms with van der Waals surface area (Å²) in [7, 11) is 0. The summed E-state index contributed by atoms with van der Waals surface area (Å²) in [4.78, 5) is 145. The molecule has 3 unspecified atom stereocenters. The average molecular weight is 1360 g/mol. The van der Waals surface area contributed by atoms with Gasteiger partial charge in [-0.3, -0.25) is 48.3 Å². The van der Waals surface area contributed by atoms with E-state index >= 15 is 0 Å². The minimum Gasteiger partial charge on any atom is -0.480 e. The lowest BCUT2D eigenvalue weighted by Gasteiger charge is -2.30. The number of hydrogen-bond donors (Lipinski definition) is 17. The summed E-state index contributed by atoms with van der Waals surface area (Å²) in [6.45, 7) is 9.49. The number of aromatic nitrogens is 3. The summed E-state index contributed by atoms with van der Waals surface area (Å²) in [6, 6.07) is 7.18. The number of carbonyl (C=O) groups is 10. The molecule has 32 nitrogen and oxygen atoms in total. The van der Waals surface area contributed by atoms with E-state index in [0.717, 1.165) is 11.1 Å². The Bertz CT molecular complexity index is 3020. The highest BCUT2D eigenvalue weighted by atomic mass is 16.4. The summed E-state index contributed by atoms with van der Waals surface area (Å²) in [6.07, 6.45) is 5.06. The lowest BCUT2D eigenvalue weighted by atomic mass is 9.95. The van der Waals surface area contributed by atoms with Crippen molar-refractivity contribution in [2.75, 3.05) is 26.2 Å². The second kappa shape index (κ2) is 44.4. The molecule has 0 aliphatic heterocycles. The predicted octanol–water partition coefficient (Wildman–Crippen LogP) is -1.45. The van der Waals surface area contributed by atoms with Crippen LogP contribution in [0.3, 0.4) is 0 Å². The summed E-state index contributed by atoms with van der Waals surface area (Å²) < 4.78 is 1.48. The maximum atomic E-state index is 14.4. The van der Waals surface area contributed by atoms with Gasteiger partial charge in [-0.2, -0.15) is 0 Å². The van der Waals surface area contributed by atoms with Gasteiger partial charge >= 0.3 is 11.9 Å². The van der Waals surface area contributed by atoms with Crippen LogP contribution in [0.15, 0.2) is 76.8 Å². The van der Waals surface area contributed by atoms with Gasteiger partial charge in [0, 0.05) is 38.4 Å². The third kappa shape index (κ3) is 31.0. The number of hydrogen-bond acceptors (Lipinski definition) is 17. The maximum Gasteiger partial charge on any atom is 0.326 e. The van der Waals surface area contributed by atoms with Crippen molar-refractivity contribution in [3.63, 3.8) is 0 Å². The number of benzene rings is 2. The molecule has 0 bridgehead atoms. The molecule has 2 aromatic carbocycles. The quantitative estimate of drug-likeness (QED) is 0.0175. The lowest BCUT2D eigenvalue weighted by Crippen LogP contribution is -2.61. The largest absolute Gasteiger partial charge is 0.480 e. The number of nitrogens with two attached hydrogens (primary N) is 7. The summed E-state index contributed by atoms with van der Waals surface area (Å²) in [5.74, 6) is -10.2. The zero-order chi connectivity index (χ0) is 72.0. The molecule has 1 heterocycles. The fourth-order valence-corrected chi connectivity index (χ4v) is 10.4. The van der Waals surface area contributed by atoms with E-state index in [1.165, 1.54) is 10.9 Å². The van der Waals surface area contributed by atoms with E-state index in [4.69, 9.17) is 40.1 Å². The molecule has 0 spiro atoms. The van der Waals surface area contributed by atoms with Crippen molar-refractivity contribution in [1.82, 2.24) is 57.5 Å². The highest BCUT2D eigenvalue weighted by Crippen LogP contribution is 2.16. The van der Waals surface area contributed by atoms with Crippen LogP contribution in [-0.4, -0.2) is 177 Å². The first kappa shape index (κ1) is 81.9. The van der Waals surface area contributed by atoms with Gasteiger partial charge in [-0.05, 0) is 126 Å². The van der Waals surface area contributed by atoms with Gasteiger partial charge in [-0.15, -0.1) is 5.10 Å². The number of rotatable bonds is 48. The van der Waals surface area contributed by atoms with Crippen LogP contribution in [0.25, 0.3) is 0 Å². The van der Waals surface area contributed by atoms with Gasteiger partial charge in [0.2, 0.25) is 47.3 Å². The smallest absolute Gasteiger partial charge is 0.326 e. The van der Waals surface area contributed by atoms with Crippen LogP contribution in [0.2, 0.25) is 0 Å². The number of aliphatic carboxylic acids is 2. The first-order chi connectivity index (χ1) is 46.2. The second-order valence-electron chi connectivity index (χ2n) is 24.6. The molecule has 97 heavy (non-hydrogen) atoms. The van der Waals surface area contributed by atoms with Crippen molar-refractivity contribution >= 4 is 71.1 Å². The molecule has 24 N–H and O–H groups in total. The maximum absolute atomic E-state index is 14.4. The zero-order valence-electron chi connectivity index (χ0n) is 56.6. The third-order valence-corrected chi connectivity index (χ3v) is 16.3. The molecule has 8 amide bonds. The number of guanidine groups is 2. The highest BCUT2D eigenvalue weighted by Gasteiger charge is 2.36. The number of aryl methyl sites for hydroxylation is 1. The fraction of sp³-hybridized carbons (Fsp3) is 0.600. The first-order valence-electron chi connectivity index (χ1n) is 33.3. The Morgan fingerprint density at radius 1 is 0.474 bits per heavy atom. The van der Waals surface area contributed by atoms with E-state index < -0.39 is 125 Å². The van der Waals surface area contributed by atoms with Crippen LogP contribution >= 0.6 is 0 Å². The van der Waals surface area contributed by atoms with Crippen LogP contribution in [0.1, 0.15) is 141 Å². The van der Waals surface area contributed by atoms with E-state index in [-0.39, 0.29) is 102 Å². The molecule has 0 fully saturated rings. The van der Waals surface area contributed by atoms with Crippen LogP contribution in [0, 0.1) is 17.8 Å². The van der Waals surface area contributed by atoms with Gasteiger partial charge in [0.25, 0.3) is 0 Å². The van der Waals surface area contributed by atoms with Gasteiger partial charge in [0.15, 0.2) is 11.9 Å². The van der Waals surface area contributed by atoms with E-state index in [2.05, 4.69) is 62.8 Å². The number of carboxylic acid groups (broad SMARTS) is 2. The van der Waals surface area contributed by atoms with Gasteiger partial charge in [-0.1, -0.05) is 107 Å². The van der Waals surface area contributed by atoms with E-state index in [1.54, 1.807) is 34.6 Å². The Hall–Kier alpha value is -9.30. The molecule has 1 aromatic heterocycles. The standard InChI is InChI=1S/C65H106N20O12/c1-6-40(4)53(61(93)82-52(39(2)3)60(92)80-50(63(96)97)26-14-17-31-67)83-58(90)48(29-20-33-74-65(71)72)77-56(88)47(28-19-32-73-64(69)70)76-55(87)45(68)37-44-38-75-84-85(44)34-18-15-27-49(62(94)95)79-57(89)46(25-13-16-30-66)78-59(91)51(36-43-23-11-8-12-24-43)81-54(86)41(5)35-42-21-9-7-10-22-42/h7-12,21-24,38-41,45-53H,6,13-20,25-37,66-68H2,1-5H3,(H,76,87)(H,77,88)(H,78,91)(H,79,89)(H,80,92)(H,81,86)(H,82,93)(H,83,90)(H,94,95)(H,96,97)(H4,69,70,73)(H4,71,72,74)/t40?,41-,45?,46-,47-,48?,49-,50-,51-,52-,53-/m1/s1. The van der Waals surface area contributed by atoms with Crippen molar-refractivity contribution in [2.45, 2.75) is 205 Å². The van der Waals surface area contributed by atoms with E-state index in [9.17, 15) is 58.2 Å². The van der Waals surface area contributed by atoms with Gasteiger partial charge < -0.3 is 92.9 Å². The molecule has 32 heteroatoms. The second-order valence-corrected chi connectivity index (χ2v) is 24.6. The number of amides is 8. The Morgan fingerprint density at radius 3 is 1.35 bits per heavy atom. The fourth-order valence-electron chi connectivity index (χ4n) is 10.4. The molecule has 3 rings (SSSR count). The van der Waals surface area contributed by atoms with Gasteiger partial charge in [-0.25, -0.2) is 14.3 Å². The molecule has 0 aliphatic carbocycles. The summed E-state index contributed by atoms with van der Waals surface area (Å²) in [5.41, 5.74) is 42.2. The van der Waals surface area contributed by atoms with Crippen LogP contribution in [0.5, 0.6) is 0 Å². The van der Waals surface area contributed by atoms with Crippen molar-refractivity contribution in [2.24, 2.45) is 67.9 Å². The molecule has 0 radical (unpaired) electrons. The number of nitrogens with one attached hydrogen (secondary N) is 8. The monoisotopic (exact) mass is 1360 g/mol. The Morgan fingerprint density at radius 2 is 0.876 bits per heavy atom. The Balaban J connectivity index is 1.76. The Kier molecular flexibility index (Phi) is 37.5. The van der Waals surface area contributed by atoms with Crippen molar-refractivity contribution in [3.05, 3.63) is 83.7 Å². The topological polar surface area (TPSA) is 545 Å². The minimum absolute atomic E-state index is 0.0326. The lowest BCUT2D eigenvalue weighted by molar-refractivity contribution is -0.143. The summed E-state index contributed by atoms with van der Waals surface area (Å²) in [5, 5.41) is 49.9. The average Bonchev–Trinajstić information content (AvgIpc) is 1.25. The van der Waals surface area contributed by atoms with E-state index in [0.29, 0.717) is 63.7 Å². The van der Waals surface area contributed by atoms with Gasteiger partial charge in [0.1, 0.15) is 48.3 Å². The molecule has 538 valence electrons. The molecule has 3 aromatic rings. The van der Waals surface area contributed by atoms with Crippen LogP contribution in [-0.2, 0) is 73.8 Å². The molecule has 11 atom stereocenters. The van der Waals surface area contributed by atoms with Crippen molar-refractivity contribution < 1.29 is 58.2 Å². The minimum atomic E-state index is -1.37. The highest BCUT2D eigenvalue weighted by molar-refractivity contribution is 5.97. The summed E-state index contributed by atoms with van der Waals surface area (Å²) >= 11 is 0. The van der Waals surface area contributed by atoms with Crippen molar-refractivity contribution in [1.29, 1.82) is 0 Å². The number of carbonyl (C=O) groups excluding carboxylic acids is 8. The zero-order valence-corrected chi connectivity index (χ0v) is 56.6. The predicted molar refractivity (Wildman–Crippen MR) is 366 cm³/mol. The number of carboxylic acids is 2. The van der Waals surface area contributed by atoms with Crippen molar-refractivity contribution in [3.8, 4) is 0 Å². The van der Waals surface area contributed by atoms with Gasteiger partial charge in [0.05, 0.1) is 17.9 Å². The third-order valence-electron chi connectivity index (χ3n) is 16.3. The van der Waals surface area contributed by atoms with E-state index in [1.807, 2.05) is 60.7 Å². The Labute approximate surface area is 567 Å². The number of nitrogens with zero attached hydrogens (tertiary/aromatic N) is 5. The van der Waals surface area contributed by atoms with Crippen LogP contribution in [0.4, 0.5) is 0 Å². The van der Waals surface area contributed by atoms with Crippen LogP contribution < -0.4 is 82.7 Å². The number of aliphatic imine (C=N–C) groups is 2. The SMILES string of the molecule is CCC(C)[C@@H](NC(=O)C(CCCN=C(N)N)NC(=O)[C@@H](CCCN=C(N)N)NC(=O)C(N)Cc1cnnn1CCCC[C@@H](NC(=O)[C@@H](CCCCN)NC(=O)[C@@H](Cc1ccccc1)NC(=O)[C@H](C)Cc1ccccc1)C(=O)O)C(=O)N[C@@H](C(=O)N[C@H](CCCCN)C(=O)O)C(C)C. The first-order valence-corrected chi connectivity index (χ1v) is 33.3. The molecular weight excluding hydrogens is 1250 g/mol. The molecule has 0 saturated heterocycles. The number of unbranched alkanes of at least 4 members (excludes halogenated alkanes) is 3. The molecule has 0 saturated carbocycles. The molecule has 0 aliphatic rings. The normalized spacial score (nSPS) is 14.6.